The molecule has 0 aromatic carbocycles. The monoisotopic (exact) mass is 270 g/mol. The van der Waals surface area contributed by atoms with E-state index in [1.165, 1.54) is 25.8 Å². The molecule has 1 heterocycles. The van der Waals surface area contributed by atoms with Crippen LogP contribution in [0, 0.1) is 5.92 Å². The van der Waals surface area contributed by atoms with Crippen molar-refractivity contribution in [2.75, 3.05) is 26.8 Å². The molecule has 1 N–H and O–H groups in total. The third-order valence-electron chi connectivity index (χ3n) is 4.72. The van der Waals surface area contributed by atoms with Crippen molar-refractivity contribution in [3.8, 4) is 0 Å². The molecule has 4 unspecified atom stereocenters. The van der Waals surface area contributed by atoms with E-state index < -0.39 is 0 Å². The van der Waals surface area contributed by atoms with Crippen LogP contribution in [0.1, 0.15) is 53.4 Å². The van der Waals surface area contributed by atoms with Crippen molar-refractivity contribution in [2.24, 2.45) is 5.92 Å². The topological polar surface area (TPSA) is 24.5 Å². The molecule has 0 amide bonds. The number of hydrogen-bond acceptors (Lipinski definition) is 3. The van der Waals surface area contributed by atoms with Gasteiger partial charge in [0.25, 0.3) is 0 Å². The zero-order chi connectivity index (χ0) is 14.3. The Morgan fingerprint density at radius 1 is 1.32 bits per heavy atom. The van der Waals surface area contributed by atoms with Crippen molar-refractivity contribution in [3.05, 3.63) is 0 Å². The highest BCUT2D eigenvalue weighted by atomic mass is 16.5. The summed E-state index contributed by atoms with van der Waals surface area (Å²) in [7, 11) is 1.80. The van der Waals surface area contributed by atoms with E-state index in [0.29, 0.717) is 18.1 Å². The Bertz CT molecular complexity index is 235. The van der Waals surface area contributed by atoms with E-state index in [-0.39, 0.29) is 0 Å². The fraction of sp³-hybridized carbons (Fsp3) is 1.00. The van der Waals surface area contributed by atoms with Gasteiger partial charge in [0.2, 0.25) is 0 Å². The summed E-state index contributed by atoms with van der Waals surface area (Å²) in [6.07, 6.45) is 4.97. The van der Waals surface area contributed by atoms with Gasteiger partial charge in [0.1, 0.15) is 0 Å². The summed E-state index contributed by atoms with van der Waals surface area (Å²) in [5.41, 5.74) is 0. The summed E-state index contributed by atoms with van der Waals surface area (Å²) >= 11 is 0. The van der Waals surface area contributed by atoms with E-state index in [1.54, 1.807) is 7.11 Å². The van der Waals surface area contributed by atoms with Gasteiger partial charge in [-0.05, 0) is 25.7 Å². The molecular formula is C16H34N2O. The minimum atomic E-state index is 0.625. The lowest BCUT2D eigenvalue weighted by Crippen LogP contribution is -2.60. The molecule has 19 heavy (non-hydrogen) atoms. The zero-order valence-electron chi connectivity index (χ0n) is 13.6. The Kier molecular flexibility index (Phi) is 7.96. The molecule has 1 fully saturated rings. The van der Waals surface area contributed by atoms with Gasteiger partial charge in [0.05, 0.1) is 0 Å². The molecule has 3 nitrogen and oxygen atoms in total. The minimum absolute atomic E-state index is 0.625. The second-order valence-corrected chi connectivity index (χ2v) is 6.17. The van der Waals surface area contributed by atoms with Gasteiger partial charge in [0, 0.05) is 44.9 Å². The van der Waals surface area contributed by atoms with Crippen LogP contribution in [0.2, 0.25) is 0 Å². The summed E-state index contributed by atoms with van der Waals surface area (Å²) in [5, 5.41) is 3.75. The van der Waals surface area contributed by atoms with Crippen LogP contribution in [-0.2, 0) is 4.74 Å². The molecule has 0 saturated carbocycles. The van der Waals surface area contributed by atoms with Crippen LogP contribution >= 0.6 is 0 Å². The maximum atomic E-state index is 5.26. The van der Waals surface area contributed by atoms with E-state index >= 15 is 0 Å². The van der Waals surface area contributed by atoms with Crippen LogP contribution in [-0.4, -0.2) is 49.8 Å². The first-order valence-corrected chi connectivity index (χ1v) is 8.12. The fourth-order valence-corrected chi connectivity index (χ4v) is 3.16. The fourth-order valence-electron chi connectivity index (χ4n) is 3.16. The van der Waals surface area contributed by atoms with E-state index in [0.717, 1.165) is 25.5 Å². The first-order chi connectivity index (χ1) is 9.13. The zero-order valence-corrected chi connectivity index (χ0v) is 13.6. The molecule has 1 aliphatic rings. The number of methoxy groups -OCH3 is 1. The molecule has 114 valence electrons. The van der Waals surface area contributed by atoms with Crippen molar-refractivity contribution in [1.29, 1.82) is 0 Å². The average Bonchev–Trinajstić information content (AvgIpc) is 2.44. The van der Waals surface area contributed by atoms with Crippen LogP contribution in [0.25, 0.3) is 0 Å². The Morgan fingerprint density at radius 3 is 2.63 bits per heavy atom. The van der Waals surface area contributed by atoms with Gasteiger partial charge in [0.15, 0.2) is 0 Å². The van der Waals surface area contributed by atoms with Gasteiger partial charge in [-0.15, -0.1) is 0 Å². The molecule has 0 aromatic rings. The van der Waals surface area contributed by atoms with Crippen molar-refractivity contribution >= 4 is 0 Å². The van der Waals surface area contributed by atoms with Gasteiger partial charge >= 0.3 is 0 Å². The molecule has 1 saturated heterocycles. The van der Waals surface area contributed by atoms with Crippen LogP contribution < -0.4 is 5.32 Å². The van der Waals surface area contributed by atoms with Gasteiger partial charge in [-0.2, -0.15) is 0 Å². The van der Waals surface area contributed by atoms with E-state index in [2.05, 4.69) is 37.9 Å². The van der Waals surface area contributed by atoms with Crippen molar-refractivity contribution in [2.45, 2.75) is 71.5 Å². The lowest BCUT2D eigenvalue weighted by atomic mass is 9.92. The van der Waals surface area contributed by atoms with Gasteiger partial charge in [-0.1, -0.05) is 33.6 Å². The van der Waals surface area contributed by atoms with Crippen LogP contribution in [0.15, 0.2) is 0 Å². The number of nitrogens with zero attached hydrogens (tertiary/aromatic N) is 1. The number of piperazine rings is 1. The molecule has 3 heteroatoms. The normalized spacial score (nSPS) is 28.3. The van der Waals surface area contributed by atoms with E-state index in [4.69, 9.17) is 4.74 Å². The molecule has 1 rings (SSSR count). The molecule has 0 aromatic heterocycles. The predicted octanol–water partition coefficient (Wildman–Crippen LogP) is 2.90. The molecular weight excluding hydrogens is 236 g/mol. The molecule has 0 radical (unpaired) electrons. The molecule has 1 aliphatic heterocycles. The quantitative estimate of drug-likeness (QED) is 0.734. The van der Waals surface area contributed by atoms with Gasteiger partial charge in [-0.25, -0.2) is 0 Å². The summed E-state index contributed by atoms with van der Waals surface area (Å²) in [6, 6.07) is 1.99. The minimum Gasteiger partial charge on any atom is -0.385 e. The van der Waals surface area contributed by atoms with Gasteiger partial charge in [-0.3, -0.25) is 4.90 Å². The lowest BCUT2D eigenvalue weighted by molar-refractivity contribution is 0.0403. The predicted molar refractivity (Wildman–Crippen MR) is 82.6 cm³/mol. The third-order valence-corrected chi connectivity index (χ3v) is 4.72. The van der Waals surface area contributed by atoms with E-state index in [9.17, 15) is 0 Å². The smallest absolute Gasteiger partial charge is 0.0477 e. The molecule has 4 atom stereocenters. The van der Waals surface area contributed by atoms with Crippen LogP contribution in [0.4, 0.5) is 0 Å². The van der Waals surface area contributed by atoms with Crippen LogP contribution in [0.3, 0.4) is 0 Å². The maximum Gasteiger partial charge on any atom is 0.0477 e. The molecule has 0 aliphatic carbocycles. The molecule has 0 bridgehead atoms. The number of hydrogen-bond donors (Lipinski definition) is 1. The summed E-state index contributed by atoms with van der Waals surface area (Å²) in [4.78, 5) is 2.74. The Labute approximate surface area is 120 Å². The summed E-state index contributed by atoms with van der Waals surface area (Å²) < 4.78 is 5.26. The van der Waals surface area contributed by atoms with Crippen molar-refractivity contribution < 1.29 is 4.74 Å². The first kappa shape index (κ1) is 16.9. The van der Waals surface area contributed by atoms with Crippen LogP contribution in [0.5, 0.6) is 0 Å². The highest BCUT2D eigenvalue weighted by Crippen LogP contribution is 2.23. The Hall–Kier alpha value is -0.120. The molecule has 0 spiro atoms. The second-order valence-electron chi connectivity index (χ2n) is 6.17. The Morgan fingerprint density at radius 2 is 2.05 bits per heavy atom. The maximum absolute atomic E-state index is 5.26. The van der Waals surface area contributed by atoms with Crippen molar-refractivity contribution in [3.63, 3.8) is 0 Å². The highest BCUT2D eigenvalue weighted by Gasteiger charge is 2.32. The first-order valence-electron chi connectivity index (χ1n) is 8.12. The summed E-state index contributed by atoms with van der Waals surface area (Å²) in [5.74, 6) is 0.764. The standard InChI is InChI=1S/C16H34N2O/c1-6-8-15-12-18(14(4)9-10-19-5)16(11-17-15)13(3)7-2/h13-17H,6-12H2,1-5H3. The van der Waals surface area contributed by atoms with E-state index in [1.807, 2.05) is 0 Å². The number of ether oxygens (including phenoxy) is 1. The number of nitrogens with one attached hydrogen (secondary N) is 1. The SMILES string of the molecule is CCCC1CN(C(C)CCOC)C(C(C)CC)CN1. The lowest BCUT2D eigenvalue weighted by Gasteiger charge is -2.46. The average molecular weight is 270 g/mol. The largest absolute Gasteiger partial charge is 0.385 e. The Balaban J connectivity index is 2.64. The number of rotatable bonds is 8. The summed E-state index contributed by atoms with van der Waals surface area (Å²) in [6.45, 7) is 12.6. The third kappa shape index (κ3) is 5.05. The highest BCUT2D eigenvalue weighted by molar-refractivity contribution is 4.90. The van der Waals surface area contributed by atoms with Gasteiger partial charge < -0.3 is 10.1 Å². The second kappa shape index (κ2) is 8.93. The van der Waals surface area contributed by atoms with Crippen molar-refractivity contribution in [1.82, 2.24) is 10.2 Å².